The number of amides is 1. The van der Waals surface area contributed by atoms with Gasteiger partial charge in [0.2, 0.25) is 0 Å². The average Bonchev–Trinajstić information content (AvgIpc) is 2.73. The summed E-state index contributed by atoms with van der Waals surface area (Å²) in [6, 6.07) is 11.5. The molecule has 0 radical (unpaired) electrons. The summed E-state index contributed by atoms with van der Waals surface area (Å²) in [5, 5.41) is 0. The molecule has 0 spiro atoms. The van der Waals surface area contributed by atoms with Crippen molar-refractivity contribution in [1.29, 1.82) is 0 Å². The molecule has 1 fully saturated rings. The highest BCUT2D eigenvalue weighted by Crippen LogP contribution is 2.22. The quantitative estimate of drug-likeness (QED) is 0.760. The zero-order valence-electron chi connectivity index (χ0n) is 15.5. The number of likely N-dealkylation sites (tertiary alicyclic amines) is 1. The van der Waals surface area contributed by atoms with Crippen LogP contribution in [0.5, 0.6) is 0 Å². The molecule has 140 valence electrons. The fraction of sp³-hybridized carbons (Fsp3) is 0.318. The van der Waals surface area contributed by atoms with Crippen molar-refractivity contribution in [2.45, 2.75) is 19.3 Å². The summed E-state index contributed by atoms with van der Waals surface area (Å²) in [5.74, 6) is 0.188. The van der Waals surface area contributed by atoms with Crippen LogP contribution in [0.2, 0.25) is 0 Å². The first-order valence-electron chi connectivity index (χ1n) is 9.20. The second-order valence-electron chi connectivity index (χ2n) is 6.75. The molecule has 1 amide bonds. The summed E-state index contributed by atoms with van der Waals surface area (Å²) < 4.78 is 4.73. The summed E-state index contributed by atoms with van der Waals surface area (Å²) in [7, 11) is 1.41. The van der Waals surface area contributed by atoms with Gasteiger partial charge in [0.15, 0.2) is 0 Å². The molecule has 0 unspecified atom stereocenters. The van der Waals surface area contributed by atoms with Gasteiger partial charge in [-0.15, -0.1) is 0 Å². The normalized spacial score (nSPS) is 15.1. The smallest absolute Gasteiger partial charge is 0.305 e. The zero-order valence-corrected chi connectivity index (χ0v) is 15.5. The van der Waals surface area contributed by atoms with Gasteiger partial charge in [-0.1, -0.05) is 24.3 Å². The van der Waals surface area contributed by atoms with E-state index in [0.717, 1.165) is 24.0 Å². The number of methoxy groups -OCH3 is 1. The first-order chi connectivity index (χ1) is 13.2. The minimum absolute atomic E-state index is 0.0520. The molecule has 1 aromatic heterocycles. The Balaban J connectivity index is 1.55. The van der Waals surface area contributed by atoms with E-state index in [-0.39, 0.29) is 11.9 Å². The molecule has 1 aliphatic heterocycles. The van der Waals surface area contributed by atoms with Gasteiger partial charge in [-0.25, -0.2) is 0 Å². The molecular formula is C22H24N2O3. The number of hydrogen-bond donors (Lipinski definition) is 0. The summed E-state index contributed by atoms with van der Waals surface area (Å²) in [6.45, 7) is 1.37. The molecule has 3 rings (SSSR count). The van der Waals surface area contributed by atoms with Gasteiger partial charge < -0.3 is 9.64 Å². The van der Waals surface area contributed by atoms with Crippen molar-refractivity contribution < 1.29 is 14.3 Å². The second kappa shape index (κ2) is 9.12. The Bertz CT molecular complexity index is 792. The van der Waals surface area contributed by atoms with Crippen LogP contribution in [-0.2, 0) is 9.53 Å². The minimum atomic E-state index is -0.171. The maximum atomic E-state index is 12.7. The molecule has 5 nitrogen and oxygen atoms in total. The van der Waals surface area contributed by atoms with Crippen LogP contribution < -0.4 is 0 Å². The Labute approximate surface area is 159 Å². The molecule has 2 heterocycles. The third-order valence-electron chi connectivity index (χ3n) is 4.92. The van der Waals surface area contributed by atoms with E-state index in [0.29, 0.717) is 31.0 Å². The standard InChI is InChI=1S/C22H24N2O3/c1-27-21(25)16-19-10-14-24(15-11-19)22(26)20-6-4-17(5-7-20)2-3-18-8-12-23-13-9-18/h2-9,12-13,19H,10-11,14-16H2,1H3. The third kappa shape index (κ3) is 5.26. The molecule has 0 N–H and O–H groups in total. The first-order valence-corrected chi connectivity index (χ1v) is 9.20. The van der Waals surface area contributed by atoms with Crippen LogP contribution in [0.1, 0.15) is 40.7 Å². The van der Waals surface area contributed by atoms with E-state index in [1.807, 2.05) is 53.5 Å². The molecule has 1 saturated heterocycles. The minimum Gasteiger partial charge on any atom is -0.469 e. The number of pyridine rings is 1. The fourth-order valence-electron chi connectivity index (χ4n) is 3.25. The van der Waals surface area contributed by atoms with Gasteiger partial charge in [0.05, 0.1) is 7.11 Å². The number of piperidine rings is 1. The second-order valence-corrected chi connectivity index (χ2v) is 6.75. The van der Waals surface area contributed by atoms with Gasteiger partial charge >= 0.3 is 5.97 Å². The number of rotatable bonds is 5. The van der Waals surface area contributed by atoms with Crippen LogP contribution in [0, 0.1) is 5.92 Å². The lowest BCUT2D eigenvalue weighted by Gasteiger charge is -2.31. The largest absolute Gasteiger partial charge is 0.469 e. The lowest BCUT2D eigenvalue weighted by molar-refractivity contribution is -0.142. The van der Waals surface area contributed by atoms with Gasteiger partial charge in [-0.05, 0) is 54.2 Å². The van der Waals surface area contributed by atoms with Gasteiger partial charge in [0, 0.05) is 37.5 Å². The fourth-order valence-corrected chi connectivity index (χ4v) is 3.25. The predicted molar refractivity (Wildman–Crippen MR) is 105 cm³/mol. The number of benzene rings is 1. The Kier molecular flexibility index (Phi) is 6.36. The highest BCUT2D eigenvalue weighted by molar-refractivity contribution is 5.94. The molecule has 0 bridgehead atoms. The van der Waals surface area contributed by atoms with Crippen LogP contribution in [0.4, 0.5) is 0 Å². The number of esters is 1. The third-order valence-corrected chi connectivity index (χ3v) is 4.92. The maximum absolute atomic E-state index is 12.7. The molecule has 27 heavy (non-hydrogen) atoms. The van der Waals surface area contributed by atoms with Crippen LogP contribution in [0.15, 0.2) is 48.8 Å². The van der Waals surface area contributed by atoms with Gasteiger partial charge in [-0.3, -0.25) is 14.6 Å². The average molecular weight is 364 g/mol. The highest BCUT2D eigenvalue weighted by Gasteiger charge is 2.25. The van der Waals surface area contributed by atoms with E-state index in [9.17, 15) is 9.59 Å². The van der Waals surface area contributed by atoms with Crippen molar-refractivity contribution in [2.24, 2.45) is 5.92 Å². The molecular weight excluding hydrogens is 340 g/mol. The van der Waals surface area contributed by atoms with E-state index < -0.39 is 0 Å². The Hall–Kier alpha value is -2.95. The Morgan fingerprint density at radius 1 is 1.04 bits per heavy atom. The van der Waals surface area contributed by atoms with Gasteiger partial charge in [0.1, 0.15) is 0 Å². The van der Waals surface area contributed by atoms with Crippen molar-refractivity contribution in [3.8, 4) is 0 Å². The van der Waals surface area contributed by atoms with E-state index >= 15 is 0 Å². The monoisotopic (exact) mass is 364 g/mol. The highest BCUT2D eigenvalue weighted by atomic mass is 16.5. The Morgan fingerprint density at radius 3 is 2.22 bits per heavy atom. The number of ether oxygens (including phenoxy) is 1. The van der Waals surface area contributed by atoms with E-state index in [2.05, 4.69) is 4.98 Å². The van der Waals surface area contributed by atoms with Crippen molar-refractivity contribution >= 4 is 24.0 Å². The van der Waals surface area contributed by atoms with Crippen molar-refractivity contribution in [3.63, 3.8) is 0 Å². The summed E-state index contributed by atoms with van der Waals surface area (Å²) in [6.07, 6.45) is 9.68. The number of carbonyl (C=O) groups excluding carboxylic acids is 2. The summed E-state index contributed by atoms with van der Waals surface area (Å²) in [5.41, 5.74) is 2.82. The van der Waals surface area contributed by atoms with Crippen molar-refractivity contribution in [1.82, 2.24) is 9.88 Å². The van der Waals surface area contributed by atoms with E-state index in [4.69, 9.17) is 4.74 Å². The van der Waals surface area contributed by atoms with Crippen LogP contribution >= 0.6 is 0 Å². The van der Waals surface area contributed by atoms with Gasteiger partial charge in [-0.2, -0.15) is 0 Å². The summed E-state index contributed by atoms with van der Waals surface area (Å²) >= 11 is 0. The zero-order chi connectivity index (χ0) is 19.1. The SMILES string of the molecule is COC(=O)CC1CCN(C(=O)c2ccc(C=Cc3ccncc3)cc2)CC1. The molecule has 0 saturated carbocycles. The Morgan fingerprint density at radius 2 is 1.63 bits per heavy atom. The van der Waals surface area contributed by atoms with Crippen molar-refractivity contribution in [2.75, 3.05) is 20.2 Å². The van der Waals surface area contributed by atoms with E-state index in [1.165, 1.54) is 7.11 Å². The molecule has 0 aliphatic carbocycles. The predicted octanol–water partition coefficient (Wildman–Crippen LogP) is 3.67. The first kappa shape index (κ1) is 18.8. The van der Waals surface area contributed by atoms with Crippen LogP contribution in [0.25, 0.3) is 12.2 Å². The lowest BCUT2D eigenvalue weighted by Crippen LogP contribution is -2.38. The topological polar surface area (TPSA) is 59.5 Å². The number of carbonyl (C=O) groups is 2. The van der Waals surface area contributed by atoms with Crippen molar-refractivity contribution in [3.05, 3.63) is 65.5 Å². The van der Waals surface area contributed by atoms with E-state index in [1.54, 1.807) is 12.4 Å². The number of hydrogen-bond acceptors (Lipinski definition) is 4. The lowest BCUT2D eigenvalue weighted by atomic mass is 9.93. The molecule has 5 heteroatoms. The molecule has 0 atom stereocenters. The molecule has 2 aromatic rings. The molecule has 1 aromatic carbocycles. The van der Waals surface area contributed by atoms with Gasteiger partial charge in [0.25, 0.3) is 5.91 Å². The van der Waals surface area contributed by atoms with Crippen LogP contribution in [-0.4, -0.2) is 42.0 Å². The van der Waals surface area contributed by atoms with Crippen LogP contribution in [0.3, 0.4) is 0 Å². The molecule has 1 aliphatic rings. The number of nitrogens with zero attached hydrogens (tertiary/aromatic N) is 2. The number of aromatic nitrogens is 1. The maximum Gasteiger partial charge on any atom is 0.305 e. The summed E-state index contributed by atoms with van der Waals surface area (Å²) in [4.78, 5) is 29.9.